The van der Waals surface area contributed by atoms with E-state index in [4.69, 9.17) is 22.1 Å². The lowest BCUT2D eigenvalue weighted by Gasteiger charge is -2.11. The maximum atomic E-state index is 5.94. The fraction of sp³-hybridized carbons (Fsp3) is 0.143. The van der Waals surface area contributed by atoms with Gasteiger partial charge in [-0.1, -0.05) is 23.7 Å². The topological polar surface area (TPSA) is 35.2 Å². The van der Waals surface area contributed by atoms with Gasteiger partial charge in [0.15, 0.2) is 0 Å². The molecule has 0 aromatic heterocycles. The Morgan fingerprint density at radius 3 is 2.47 bits per heavy atom. The lowest BCUT2D eigenvalue weighted by molar-refractivity contribution is 0.481. The summed E-state index contributed by atoms with van der Waals surface area (Å²) in [6, 6.07) is 11.3. The molecular formula is C14H14ClNO. The molecule has 17 heavy (non-hydrogen) atoms. The number of nitrogen functional groups attached to an aromatic ring is 1. The molecule has 0 unspecified atom stereocenters. The predicted octanol–water partition coefficient (Wildman–Crippen LogP) is 4.33. The first-order valence-electron chi connectivity index (χ1n) is 5.36. The van der Waals surface area contributed by atoms with Crippen molar-refractivity contribution in [3.63, 3.8) is 0 Å². The maximum absolute atomic E-state index is 5.94. The molecule has 0 aliphatic heterocycles. The highest BCUT2D eigenvalue weighted by Crippen LogP contribution is 2.31. The lowest BCUT2D eigenvalue weighted by Crippen LogP contribution is -1.94. The van der Waals surface area contributed by atoms with Gasteiger partial charge in [-0.2, -0.15) is 0 Å². The second-order valence-corrected chi connectivity index (χ2v) is 4.49. The molecule has 88 valence electrons. The van der Waals surface area contributed by atoms with Crippen molar-refractivity contribution in [3.8, 4) is 11.5 Å². The Hall–Kier alpha value is -1.67. The maximum Gasteiger partial charge on any atom is 0.150 e. The van der Waals surface area contributed by atoms with Gasteiger partial charge in [-0.15, -0.1) is 0 Å². The first kappa shape index (κ1) is 11.8. The standard InChI is InChI=1S/C14H14ClNO/c1-9-3-6-13(12(16)7-9)17-14-8-11(15)5-4-10(14)2/h3-8H,16H2,1-2H3. The van der Waals surface area contributed by atoms with Crippen molar-refractivity contribution in [2.75, 3.05) is 5.73 Å². The first-order chi connectivity index (χ1) is 8.06. The molecular weight excluding hydrogens is 234 g/mol. The second-order valence-electron chi connectivity index (χ2n) is 4.05. The third-order valence-electron chi connectivity index (χ3n) is 2.54. The van der Waals surface area contributed by atoms with Crippen molar-refractivity contribution in [2.45, 2.75) is 13.8 Å². The Morgan fingerprint density at radius 1 is 1.00 bits per heavy atom. The highest BCUT2D eigenvalue weighted by atomic mass is 35.5. The van der Waals surface area contributed by atoms with Gasteiger partial charge < -0.3 is 10.5 Å². The van der Waals surface area contributed by atoms with E-state index < -0.39 is 0 Å². The molecule has 2 aromatic rings. The smallest absolute Gasteiger partial charge is 0.150 e. The van der Waals surface area contributed by atoms with Crippen molar-refractivity contribution in [1.29, 1.82) is 0 Å². The van der Waals surface area contributed by atoms with Gasteiger partial charge in [0.2, 0.25) is 0 Å². The number of nitrogens with two attached hydrogens (primary N) is 1. The van der Waals surface area contributed by atoms with E-state index in [2.05, 4.69) is 0 Å². The number of rotatable bonds is 2. The summed E-state index contributed by atoms with van der Waals surface area (Å²) in [4.78, 5) is 0. The Balaban J connectivity index is 2.34. The molecule has 0 saturated heterocycles. The molecule has 0 fully saturated rings. The minimum Gasteiger partial charge on any atom is -0.455 e. The molecule has 0 saturated carbocycles. The van der Waals surface area contributed by atoms with Crippen LogP contribution in [0.4, 0.5) is 5.69 Å². The summed E-state index contributed by atoms with van der Waals surface area (Å²) in [5, 5.41) is 0.649. The highest BCUT2D eigenvalue weighted by Gasteiger charge is 2.05. The van der Waals surface area contributed by atoms with Crippen molar-refractivity contribution in [3.05, 3.63) is 52.5 Å². The monoisotopic (exact) mass is 247 g/mol. The van der Waals surface area contributed by atoms with Crippen LogP contribution in [0.1, 0.15) is 11.1 Å². The number of hydrogen-bond donors (Lipinski definition) is 1. The number of aryl methyl sites for hydroxylation is 2. The fourth-order valence-corrected chi connectivity index (χ4v) is 1.73. The Kier molecular flexibility index (Phi) is 3.25. The Morgan fingerprint density at radius 2 is 1.76 bits per heavy atom. The normalized spacial score (nSPS) is 10.3. The highest BCUT2D eigenvalue weighted by molar-refractivity contribution is 6.30. The van der Waals surface area contributed by atoms with Crippen molar-refractivity contribution < 1.29 is 4.74 Å². The van der Waals surface area contributed by atoms with E-state index in [9.17, 15) is 0 Å². The van der Waals surface area contributed by atoms with Crippen LogP contribution in [-0.2, 0) is 0 Å². The van der Waals surface area contributed by atoms with E-state index in [1.54, 1.807) is 6.07 Å². The van der Waals surface area contributed by atoms with Crippen molar-refractivity contribution >= 4 is 17.3 Å². The van der Waals surface area contributed by atoms with Crippen LogP contribution < -0.4 is 10.5 Å². The zero-order chi connectivity index (χ0) is 12.4. The third-order valence-corrected chi connectivity index (χ3v) is 2.77. The number of benzene rings is 2. The summed E-state index contributed by atoms with van der Waals surface area (Å²) in [5.41, 5.74) is 8.66. The van der Waals surface area contributed by atoms with Crippen LogP contribution in [0.5, 0.6) is 11.5 Å². The van der Waals surface area contributed by atoms with E-state index in [0.717, 1.165) is 16.9 Å². The number of anilines is 1. The zero-order valence-corrected chi connectivity index (χ0v) is 10.6. The van der Waals surface area contributed by atoms with Crippen LogP contribution in [-0.4, -0.2) is 0 Å². The fourth-order valence-electron chi connectivity index (χ4n) is 1.56. The average Bonchev–Trinajstić information content (AvgIpc) is 2.27. The average molecular weight is 248 g/mol. The second kappa shape index (κ2) is 4.68. The molecule has 0 aliphatic carbocycles. The quantitative estimate of drug-likeness (QED) is 0.802. The van der Waals surface area contributed by atoms with E-state index in [0.29, 0.717) is 16.5 Å². The van der Waals surface area contributed by atoms with Gasteiger partial charge in [-0.3, -0.25) is 0 Å². The Bertz CT molecular complexity index is 552. The summed E-state index contributed by atoms with van der Waals surface area (Å²) < 4.78 is 5.77. The molecule has 0 atom stereocenters. The number of hydrogen-bond acceptors (Lipinski definition) is 2. The van der Waals surface area contributed by atoms with Crippen LogP contribution in [0.2, 0.25) is 5.02 Å². The lowest BCUT2D eigenvalue weighted by atomic mass is 10.2. The van der Waals surface area contributed by atoms with Crippen LogP contribution >= 0.6 is 11.6 Å². The first-order valence-corrected chi connectivity index (χ1v) is 5.74. The van der Waals surface area contributed by atoms with Gasteiger partial charge in [-0.05, 0) is 49.2 Å². The summed E-state index contributed by atoms with van der Waals surface area (Å²) in [6.45, 7) is 3.96. The minimum atomic E-state index is 0.629. The van der Waals surface area contributed by atoms with Crippen molar-refractivity contribution in [1.82, 2.24) is 0 Å². The summed E-state index contributed by atoms with van der Waals surface area (Å²) in [5.74, 6) is 1.38. The van der Waals surface area contributed by atoms with Crippen molar-refractivity contribution in [2.24, 2.45) is 0 Å². The molecule has 2 N–H and O–H groups in total. The van der Waals surface area contributed by atoms with Crippen LogP contribution in [0.25, 0.3) is 0 Å². The van der Waals surface area contributed by atoms with E-state index in [1.807, 2.05) is 44.2 Å². The van der Waals surface area contributed by atoms with Gasteiger partial charge >= 0.3 is 0 Å². The number of ether oxygens (including phenoxy) is 1. The van der Waals surface area contributed by atoms with Gasteiger partial charge in [0, 0.05) is 5.02 Å². The SMILES string of the molecule is Cc1ccc(Oc2cc(Cl)ccc2C)c(N)c1. The molecule has 0 heterocycles. The summed E-state index contributed by atoms with van der Waals surface area (Å²) in [6.07, 6.45) is 0. The van der Waals surface area contributed by atoms with E-state index >= 15 is 0 Å². The van der Waals surface area contributed by atoms with Gasteiger partial charge in [0.25, 0.3) is 0 Å². The predicted molar refractivity (Wildman–Crippen MR) is 71.9 cm³/mol. The molecule has 0 spiro atoms. The molecule has 2 nitrogen and oxygen atoms in total. The van der Waals surface area contributed by atoms with Gasteiger partial charge in [0.1, 0.15) is 11.5 Å². The molecule has 0 radical (unpaired) electrons. The Labute approximate surface area is 106 Å². The zero-order valence-electron chi connectivity index (χ0n) is 9.83. The molecule has 2 rings (SSSR count). The molecule has 0 bridgehead atoms. The van der Waals surface area contributed by atoms with E-state index in [-0.39, 0.29) is 0 Å². The van der Waals surface area contributed by atoms with Crippen LogP contribution in [0.15, 0.2) is 36.4 Å². The minimum absolute atomic E-state index is 0.629. The molecule has 0 amide bonds. The largest absolute Gasteiger partial charge is 0.455 e. The molecule has 3 heteroatoms. The molecule has 2 aromatic carbocycles. The van der Waals surface area contributed by atoms with Gasteiger partial charge in [0.05, 0.1) is 5.69 Å². The summed E-state index contributed by atoms with van der Waals surface area (Å²) in [7, 11) is 0. The van der Waals surface area contributed by atoms with Crippen LogP contribution in [0.3, 0.4) is 0 Å². The van der Waals surface area contributed by atoms with Crippen LogP contribution in [0, 0.1) is 13.8 Å². The summed E-state index contributed by atoms with van der Waals surface area (Å²) >= 11 is 5.94. The number of halogens is 1. The third kappa shape index (κ3) is 2.71. The van der Waals surface area contributed by atoms with Gasteiger partial charge in [-0.25, -0.2) is 0 Å². The molecule has 0 aliphatic rings. The van der Waals surface area contributed by atoms with E-state index in [1.165, 1.54) is 0 Å².